The number of alkyl halides is 3. The lowest BCUT2D eigenvalue weighted by atomic mass is 10.1. The number of carbonyl (C=O) groups is 1. The molecule has 0 fully saturated rings. The van der Waals surface area contributed by atoms with Crippen LogP contribution in [0.3, 0.4) is 0 Å². The smallest absolute Gasteiger partial charge is 0.416 e. The van der Waals surface area contributed by atoms with E-state index in [1.165, 1.54) is 12.1 Å². The lowest BCUT2D eigenvalue weighted by Crippen LogP contribution is -2.39. The van der Waals surface area contributed by atoms with Crippen LogP contribution in [-0.4, -0.2) is 29.8 Å². The predicted octanol–water partition coefficient (Wildman–Crippen LogP) is 6.73. The number of pyridine rings is 1. The van der Waals surface area contributed by atoms with E-state index in [9.17, 15) is 18.0 Å². The summed E-state index contributed by atoms with van der Waals surface area (Å²) in [6, 6.07) is 14.1. The molecule has 192 valence electrons. The van der Waals surface area contributed by atoms with Gasteiger partial charge in [0.25, 0.3) is 0 Å². The minimum Gasteiger partial charge on any atom is -0.493 e. The molecule has 0 bridgehead atoms. The molecular weight excluding hydrogens is 471 g/mol. The molecule has 0 N–H and O–H groups in total. The van der Waals surface area contributed by atoms with Gasteiger partial charge in [0, 0.05) is 23.7 Å². The van der Waals surface area contributed by atoms with Gasteiger partial charge in [0.1, 0.15) is 11.5 Å². The van der Waals surface area contributed by atoms with Crippen LogP contribution in [0.4, 0.5) is 13.2 Å². The normalized spacial score (nSPS) is 11.8. The lowest BCUT2D eigenvalue weighted by Gasteiger charge is -2.25. The van der Waals surface area contributed by atoms with Gasteiger partial charge in [-0.1, -0.05) is 24.3 Å². The molecule has 0 spiro atoms. The zero-order valence-corrected chi connectivity index (χ0v) is 21.0. The number of halogens is 3. The first-order chi connectivity index (χ1) is 16.9. The zero-order chi connectivity index (χ0) is 26.5. The van der Waals surface area contributed by atoms with E-state index in [1.54, 1.807) is 32.9 Å². The van der Waals surface area contributed by atoms with E-state index in [0.29, 0.717) is 35.8 Å². The van der Waals surface area contributed by atoms with Crippen LogP contribution in [0.25, 0.3) is 11.3 Å². The Morgan fingerprint density at radius 2 is 1.67 bits per heavy atom. The lowest BCUT2D eigenvalue weighted by molar-refractivity contribution is -0.158. The van der Waals surface area contributed by atoms with Crippen LogP contribution in [0, 0.1) is 13.8 Å². The molecule has 0 atom stereocenters. The monoisotopic (exact) mass is 501 g/mol. The van der Waals surface area contributed by atoms with Crippen molar-refractivity contribution >= 4 is 5.97 Å². The third-order valence-corrected chi connectivity index (χ3v) is 5.64. The van der Waals surface area contributed by atoms with Crippen LogP contribution in [0.5, 0.6) is 11.5 Å². The molecule has 1 aromatic heterocycles. The zero-order valence-electron chi connectivity index (χ0n) is 21.0. The van der Waals surface area contributed by atoms with Crippen molar-refractivity contribution < 1.29 is 32.2 Å². The van der Waals surface area contributed by atoms with Crippen molar-refractivity contribution in [1.82, 2.24) is 4.98 Å². The summed E-state index contributed by atoms with van der Waals surface area (Å²) in [6.07, 6.45) is -3.78. The van der Waals surface area contributed by atoms with Crippen molar-refractivity contribution in [2.45, 2.75) is 52.8 Å². The molecule has 5 nitrogen and oxygen atoms in total. The van der Waals surface area contributed by atoms with Crippen LogP contribution in [0.2, 0.25) is 0 Å². The topological polar surface area (TPSA) is 57.7 Å². The number of aryl methyl sites for hydroxylation is 2. The third-order valence-electron chi connectivity index (χ3n) is 5.64. The maximum Gasteiger partial charge on any atom is 0.416 e. The highest BCUT2D eigenvalue weighted by Crippen LogP contribution is 2.31. The molecule has 36 heavy (non-hydrogen) atoms. The predicted molar refractivity (Wildman–Crippen MR) is 131 cm³/mol. The first kappa shape index (κ1) is 27.0. The van der Waals surface area contributed by atoms with E-state index in [0.717, 1.165) is 29.0 Å². The van der Waals surface area contributed by atoms with Gasteiger partial charge in [-0.25, -0.2) is 4.79 Å². The SMILES string of the molecule is CCOC(=O)C(C)(C)Oc1cc(OCCc2ccc(-c3ccc(C(F)(F)F)cc3)nc2C)ccc1C. The summed E-state index contributed by atoms with van der Waals surface area (Å²) < 4.78 is 55.3. The molecule has 0 aliphatic carbocycles. The van der Waals surface area contributed by atoms with Gasteiger partial charge in [-0.15, -0.1) is 0 Å². The molecule has 3 rings (SSSR count). The van der Waals surface area contributed by atoms with Crippen LogP contribution < -0.4 is 9.47 Å². The third kappa shape index (κ3) is 6.77. The Morgan fingerprint density at radius 1 is 0.972 bits per heavy atom. The number of rotatable bonds is 9. The van der Waals surface area contributed by atoms with E-state index < -0.39 is 23.3 Å². The fourth-order valence-electron chi connectivity index (χ4n) is 3.53. The van der Waals surface area contributed by atoms with Crippen LogP contribution in [0.1, 0.15) is 43.2 Å². The minimum absolute atomic E-state index is 0.271. The summed E-state index contributed by atoms with van der Waals surface area (Å²) in [6.45, 7) is 9.45. The molecule has 0 amide bonds. The number of aromatic nitrogens is 1. The largest absolute Gasteiger partial charge is 0.493 e. The Balaban J connectivity index is 1.63. The van der Waals surface area contributed by atoms with Gasteiger partial charge in [-0.2, -0.15) is 13.2 Å². The highest BCUT2D eigenvalue weighted by molar-refractivity contribution is 5.79. The molecular formula is C28H30F3NO4. The summed E-state index contributed by atoms with van der Waals surface area (Å²) in [7, 11) is 0. The maximum absolute atomic E-state index is 12.8. The van der Waals surface area contributed by atoms with Gasteiger partial charge in [0.05, 0.1) is 24.5 Å². The Kier molecular flexibility index (Phi) is 8.28. The highest BCUT2D eigenvalue weighted by atomic mass is 19.4. The van der Waals surface area contributed by atoms with Crippen LogP contribution >= 0.6 is 0 Å². The Labute approximate surface area is 209 Å². The maximum atomic E-state index is 12.8. The molecule has 0 saturated carbocycles. The van der Waals surface area contributed by atoms with E-state index in [1.807, 2.05) is 32.0 Å². The van der Waals surface area contributed by atoms with Crippen molar-refractivity contribution in [3.05, 3.63) is 77.0 Å². The summed E-state index contributed by atoms with van der Waals surface area (Å²) >= 11 is 0. The van der Waals surface area contributed by atoms with Gasteiger partial charge in [-0.05, 0) is 70.0 Å². The van der Waals surface area contributed by atoms with Gasteiger partial charge >= 0.3 is 12.1 Å². The Bertz CT molecular complexity index is 1200. The minimum atomic E-state index is -4.37. The summed E-state index contributed by atoms with van der Waals surface area (Å²) in [4.78, 5) is 16.7. The van der Waals surface area contributed by atoms with E-state index in [2.05, 4.69) is 4.98 Å². The van der Waals surface area contributed by atoms with Crippen molar-refractivity contribution in [3.8, 4) is 22.8 Å². The van der Waals surface area contributed by atoms with E-state index >= 15 is 0 Å². The molecule has 0 radical (unpaired) electrons. The van der Waals surface area contributed by atoms with Gasteiger partial charge in [0.15, 0.2) is 5.60 Å². The highest BCUT2D eigenvalue weighted by Gasteiger charge is 2.32. The van der Waals surface area contributed by atoms with Crippen molar-refractivity contribution in [2.75, 3.05) is 13.2 Å². The molecule has 0 aliphatic rings. The second-order valence-electron chi connectivity index (χ2n) is 8.87. The molecule has 1 heterocycles. The fourth-order valence-corrected chi connectivity index (χ4v) is 3.53. The van der Waals surface area contributed by atoms with Crippen LogP contribution in [-0.2, 0) is 22.1 Å². The molecule has 0 saturated heterocycles. The van der Waals surface area contributed by atoms with Crippen molar-refractivity contribution in [1.29, 1.82) is 0 Å². The molecule has 3 aromatic rings. The second kappa shape index (κ2) is 11.0. The fraction of sp³-hybridized carbons (Fsp3) is 0.357. The molecule has 8 heteroatoms. The number of carbonyl (C=O) groups excluding carboxylic acids is 1. The average Bonchev–Trinajstić information content (AvgIpc) is 2.81. The van der Waals surface area contributed by atoms with Crippen molar-refractivity contribution in [3.63, 3.8) is 0 Å². The number of nitrogens with zero attached hydrogens (tertiary/aromatic N) is 1. The molecule has 0 aliphatic heterocycles. The Hall–Kier alpha value is -3.55. The number of benzene rings is 2. The Morgan fingerprint density at radius 3 is 2.28 bits per heavy atom. The second-order valence-corrected chi connectivity index (χ2v) is 8.87. The van der Waals surface area contributed by atoms with Gasteiger partial charge in [0.2, 0.25) is 0 Å². The summed E-state index contributed by atoms with van der Waals surface area (Å²) in [5.74, 6) is 0.685. The summed E-state index contributed by atoms with van der Waals surface area (Å²) in [5.41, 5.74) is 2.00. The van der Waals surface area contributed by atoms with Crippen LogP contribution in [0.15, 0.2) is 54.6 Å². The van der Waals surface area contributed by atoms with Gasteiger partial charge in [-0.3, -0.25) is 4.98 Å². The number of hydrogen-bond acceptors (Lipinski definition) is 5. The number of ether oxygens (including phenoxy) is 3. The van der Waals surface area contributed by atoms with E-state index in [-0.39, 0.29) is 6.61 Å². The van der Waals surface area contributed by atoms with Crippen molar-refractivity contribution in [2.24, 2.45) is 0 Å². The first-order valence-corrected chi connectivity index (χ1v) is 11.6. The molecule has 2 aromatic carbocycles. The molecule has 0 unspecified atom stereocenters. The quantitative estimate of drug-likeness (QED) is 0.305. The summed E-state index contributed by atoms with van der Waals surface area (Å²) in [5, 5.41) is 0. The van der Waals surface area contributed by atoms with Gasteiger partial charge < -0.3 is 14.2 Å². The van der Waals surface area contributed by atoms with E-state index in [4.69, 9.17) is 14.2 Å². The average molecular weight is 502 g/mol. The number of hydrogen-bond donors (Lipinski definition) is 0. The standard InChI is InChI=1S/C28H30F3NO4/c1-6-34-26(33)27(4,5)36-25-17-23(13-7-18(25)2)35-16-15-20-10-14-24(32-19(20)3)21-8-11-22(12-9-21)28(29,30)31/h7-14,17H,6,15-16H2,1-5H3. The first-order valence-electron chi connectivity index (χ1n) is 11.6. The number of esters is 1.